The van der Waals surface area contributed by atoms with Crippen LogP contribution in [-0.2, 0) is 11.3 Å². The molecule has 1 saturated carbocycles. The first-order chi connectivity index (χ1) is 11.9. The lowest BCUT2D eigenvalue weighted by Gasteiger charge is -2.32. The Labute approximate surface area is 152 Å². The summed E-state index contributed by atoms with van der Waals surface area (Å²) < 4.78 is 0. The molecule has 1 aromatic rings. The first-order valence-corrected chi connectivity index (χ1v) is 9.59. The maximum Gasteiger partial charge on any atom is 0.224 e. The second-order valence-electron chi connectivity index (χ2n) is 8.61. The molecule has 1 heterocycles. The average molecular weight is 341 g/mol. The van der Waals surface area contributed by atoms with Crippen molar-refractivity contribution in [3.05, 3.63) is 47.5 Å². The van der Waals surface area contributed by atoms with Gasteiger partial charge in [0.15, 0.2) is 0 Å². The number of carbonyl (C=O) groups excluding carboxylic acids is 1. The SMILES string of the molecule is CC(C)=CC1C(C(=O)NC2CCN(Cc3ccccc3)CC2)C1(C)C. The number of allylic oxidation sites excluding steroid dienone is 2. The highest BCUT2D eigenvalue weighted by Crippen LogP contribution is 2.59. The van der Waals surface area contributed by atoms with Crippen LogP contribution in [0.25, 0.3) is 0 Å². The van der Waals surface area contributed by atoms with Gasteiger partial charge in [-0.1, -0.05) is 55.8 Å². The molecule has 2 fully saturated rings. The van der Waals surface area contributed by atoms with E-state index >= 15 is 0 Å². The van der Waals surface area contributed by atoms with E-state index in [1.165, 1.54) is 11.1 Å². The van der Waals surface area contributed by atoms with Gasteiger partial charge in [0.1, 0.15) is 0 Å². The molecule has 1 saturated heterocycles. The highest BCUT2D eigenvalue weighted by Gasteiger charge is 2.60. The van der Waals surface area contributed by atoms with Crippen LogP contribution in [0, 0.1) is 17.3 Å². The average Bonchev–Trinajstić information content (AvgIpc) is 3.10. The van der Waals surface area contributed by atoms with Crippen LogP contribution in [0.2, 0.25) is 0 Å². The van der Waals surface area contributed by atoms with Crippen molar-refractivity contribution in [2.24, 2.45) is 17.3 Å². The molecule has 1 aliphatic heterocycles. The van der Waals surface area contributed by atoms with Gasteiger partial charge >= 0.3 is 0 Å². The maximum absolute atomic E-state index is 12.7. The molecule has 2 atom stereocenters. The van der Waals surface area contributed by atoms with Crippen molar-refractivity contribution in [1.29, 1.82) is 0 Å². The van der Waals surface area contributed by atoms with E-state index in [-0.39, 0.29) is 17.2 Å². The molecule has 3 rings (SSSR count). The van der Waals surface area contributed by atoms with Crippen LogP contribution in [0.3, 0.4) is 0 Å². The van der Waals surface area contributed by atoms with Gasteiger partial charge in [-0.15, -0.1) is 0 Å². The van der Waals surface area contributed by atoms with Gasteiger partial charge in [0, 0.05) is 25.7 Å². The largest absolute Gasteiger partial charge is 0.353 e. The summed E-state index contributed by atoms with van der Waals surface area (Å²) >= 11 is 0. The van der Waals surface area contributed by atoms with Crippen molar-refractivity contribution in [3.63, 3.8) is 0 Å². The minimum atomic E-state index is 0.107. The van der Waals surface area contributed by atoms with Gasteiger partial charge in [-0.2, -0.15) is 0 Å². The molecule has 1 N–H and O–H groups in total. The molecule has 3 nitrogen and oxygen atoms in total. The summed E-state index contributed by atoms with van der Waals surface area (Å²) in [6.07, 6.45) is 4.38. The third-order valence-corrected chi connectivity index (χ3v) is 5.89. The lowest BCUT2D eigenvalue weighted by molar-refractivity contribution is -0.124. The molecule has 2 unspecified atom stereocenters. The smallest absolute Gasteiger partial charge is 0.224 e. The second-order valence-corrected chi connectivity index (χ2v) is 8.61. The zero-order valence-electron chi connectivity index (χ0n) is 16.1. The van der Waals surface area contributed by atoms with Crippen molar-refractivity contribution in [2.45, 2.75) is 53.1 Å². The summed E-state index contributed by atoms with van der Waals surface area (Å²) in [5, 5.41) is 3.33. The number of amides is 1. The molecular formula is C22H32N2O. The van der Waals surface area contributed by atoms with Crippen molar-refractivity contribution in [2.75, 3.05) is 13.1 Å². The Morgan fingerprint density at radius 2 is 1.84 bits per heavy atom. The Bertz CT molecular complexity index is 623. The third-order valence-electron chi connectivity index (χ3n) is 5.89. The van der Waals surface area contributed by atoms with E-state index in [0.717, 1.165) is 32.5 Å². The van der Waals surface area contributed by atoms with Crippen LogP contribution in [-0.4, -0.2) is 29.9 Å². The summed E-state index contributed by atoms with van der Waals surface area (Å²) in [7, 11) is 0. The maximum atomic E-state index is 12.7. The molecule has 0 bridgehead atoms. The van der Waals surface area contributed by atoms with Gasteiger partial charge in [0.2, 0.25) is 5.91 Å². The van der Waals surface area contributed by atoms with Gasteiger partial charge in [-0.05, 0) is 43.6 Å². The van der Waals surface area contributed by atoms with E-state index in [1.54, 1.807) is 0 Å². The number of piperidine rings is 1. The molecule has 1 aliphatic carbocycles. The fraction of sp³-hybridized carbons (Fsp3) is 0.591. The molecule has 0 aromatic heterocycles. The molecular weight excluding hydrogens is 308 g/mol. The highest BCUT2D eigenvalue weighted by atomic mass is 16.2. The first kappa shape index (κ1) is 18.2. The first-order valence-electron chi connectivity index (χ1n) is 9.59. The number of benzene rings is 1. The van der Waals surface area contributed by atoms with Crippen molar-refractivity contribution in [3.8, 4) is 0 Å². The number of nitrogens with one attached hydrogen (secondary N) is 1. The minimum Gasteiger partial charge on any atom is -0.353 e. The number of carbonyl (C=O) groups is 1. The Balaban J connectivity index is 1.46. The predicted octanol–water partition coefficient (Wildman–Crippen LogP) is 4.01. The van der Waals surface area contributed by atoms with Crippen LogP contribution in [0.1, 0.15) is 46.1 Å². The summed E-state index contributed by atoms with van der Waals surface area (Å²) in [6.45, 7) is 11.8. The molecule has 0 radical (unpaired) electrons. The predicted molar refractivity (Wildman–Crippen MR) is 103 cm³/mol. The molecule has 136 valence electrons. The van der Waals surface area contributed by atoms with Crippen molar-refractivity contribution >= 4 is 5.91 Å². The lowest BCUT2D eigenvalue weighted by atomic mass is 10.0. The monoisotopic (exact) mass is 340 g/mol. The fourth-order valence-corrected chi connectivity index (χ4v) is 4.22. The van der Waals surface area contributed by atoms with Crippen LogP contribution in [0.4, 0.5) is 0 Å². The van der Waals surface area contributed by atoms with Gasteiger partial charge in [0.05, 0.1) is 5.92 Å². The molecule has 0 spiro atoms. The standard InChI is InChI=1S/C22H32N2O/c1-16(2)14-19-20(22(19,3)4)21(25)23-18-10-12-24(13-11-18)15-17-8-6-5-7-9-17/h5-9,14,18-20H,10-13,15H2,1-4H3,(H,23,25). The number of rotatable bonds is 5. The van der Waals surface area contributed by atoms with Crippen LogP contribution >= 0.6 is 0 Å². The molecule has 1 aromatic carbocycles. The van der Waals surface area contributed by atoms with E-state index in [0.29, 0.717) is 12.0 Å². The van der Waals surface area contributed by atoms with Crippen LogP contribution < -0.4 is 5.32 Å². The topological polar surface area (TPSA) is 32.3 Å². The summed E-state index contributed by atoms with van der Waals surface area (Å²) in [4.78, 5) is 15.2. The molecule has 25 heavy (non-hydrogen) atoms. The van der Waals surface area contributed by atoms with Crippen molar-refractivity contribution < 1.29 is 4.79 Å². The number of likely N-dealkylation sites (tertiary alicyclic amines) is 1. The molecule has 1 amide bonds. The van der Waals surface area contributed by atoms with E-state index < -0.39 is 0 Å². The van der Waals surface area contributed by atoms with Crippen LogP contribution in [0.5, 0.6) is 0 Å². The number of nitrogens with zero attached hydrogens (tertiary/aromatic N) is 1. The number of hydrogen-bond donors (Lipinski definition) is 1. The third kappa shape index (κ3) is 4.33. The van der Waals surface area contributed by atoms with Crippen molar-refractivity contribution in [1.82, 2.24) is 10.2 Å². The Hall–Kier alpha value is -1.61. The summed E-state index contributed by atoms with van der Waals surface area (Å²) in [5.41, 5.74) is 2.78. The van der Waals surface area contributed by atoms with E-state index in [2.05, 4.69) is 74.3 Å². The van der Waals surface area contributed by atoms with E-state index in [9.17, 15) is 4.79 Å². The Kier molecular flexibility index (Phi) is 5.33. The normalized spacial score (nSPS) is 26.1. The number of hydrogen-bond acceptors (Lipinski definition) is 2. The zero-order chi connectivity index (χ0) is 18.0. The Morgan fingerprint density at radius 1 is 1.20 bits per heavy atom. The summed E-state index contributed by atoms with van der Waals surface area (Å²) in [6, 6.07) is 11.0. The van der Waals surface area contributed by atoms with Crippen LogP contribution in [0.15, 0.2) is 42.0 Å². The zero-order valence-corrected chi connectivity index (χ0v) is 16.1. The molecule has 2 aliphatic rings. The Morgan fingerprint density at radius 3 is 2.44 bits per heavy atom. The van der Waals surface area contributed by atoms with E-state index in [1.807, 2.05) is 0 Å². The molecule has 3 heteroatoms. The lowest BCUT2D eigenvalue weighted by Crippen LogP contribution is -2.45. The van der Waals surface area contributed by atoms with Gasteiger partial charge in [-0.25, -0.2) is 0 Å². The fourth-order valence-electron chi connectivity index (χ4n) is 4.22. The highest BCUT2D eigenvalue weighted by molar-refractivity contribution is 5.84. The second kappa shape index (κ2) is 7.33. The van der Waals surface area contributed by atoms with Gasteiger partial charge in [-0.3, -0.25) is 9.69 Å². The van der Waals surface area contributed by atoms with Gasteiger partial charge < -0.3 is 5.32 Å². The van der Waals surface area contributed by atoms with E-state index in [4.69, 9.17) is 0 Å². The quantitative estimate of drug-likeness (QED) is 0.822. The minimum absolute atomic E-state index is 0.107. The van der Waals surface area contributed by atoms with Gasteiger partial charge in [0.25, 0.3) is 0 Å². The summed E-state index contributed by atoms with van der Waals surface area (Å²) in [5.74, 6) is 0.800.